The highest BCUT2D eigenvalue weighted by atomic mass is 16.5. The van der Waals surface area contributed by atoms with Crippen LogP contribution in [0.15, 0.2) is 0 Å². The van der Waals surface area contributed by atoms with Crippen LogP contribution >= 0.6 is 0 Å². The van der Waals surface area contributed by atoms with Crippen LogP contribution in [0.1, 0.15) is 26.7 Å². The van der Waals surface area contributed by atoms with Gasteiger partial charge in [-0.1, -0.05) is 6.92 Å². The van der Waals surface area contributed by atoms with E-state index in [1.807, 2.05) is 13.8 Å². The maximum Gasteiger partial charge on any atom is 0.234 e. The third kappa shape index (κ3) is 9.89. The average molecular weight is 232 g/mol. The lowest BCUT2D eigenvalue weighted by Crippen LogP contribution is -2.39. The molecule has 0 aromatic rings. The van der Waals surface area contributed by atoms with Crippen molar-refractivity contribution in [3.63, 3.8) is 0 Å². The second kappa shape index (κ2) is 10.9. The van der Waals surface area contributed by atoms with E-state index in [0.29, 0.717) is 19.8 Å². The van der Waals surface area contributed by atoms with Gasteiger partial charge in [-0.3, -0.25) is 4.79 Å². The summed E-state index contributed by atoms with van der Waals surface area (Å²) < 4.78 is 5.08. The van der Waals surface area contributed by atoms with Crippen molar-refractivity contribution in [2.24, 2.45) is 0 Å². The standard InChI is InChI=1S/C11H24N2O3/c1-3-10(2)13-11(15)9-12-5-4-7-16-8-6-14/h10,12,14H,3-9H2,1-2H3,(H,13,15). The molecule has 0 aliphatic heterocycles. The highest BCUT2D eigenvalue weighted by Crippen LogP contribution is 1.86. The van der Waals surface area contributed by atoms with Crippen molar-refractivity contribution in [3.8, 4) is 0 Å². The van der Waals surface area contributed by atoms with Gasteiger partial charge in [0.25, 0.3) is 0 Å². The number of aliphatic hydroxyl groups excluding tert-OH is 1. The fraction of sp³-hybridized carbons (Fsp3) is 0.909. The number of hydrogen-bond donors (Lipinski definition) is 3. The molecule has 0 spiro atoms. The Labute approximate surface area is 97.6 Å². The second-order valence-corrected chi connectivity index (χ2v) is 3.74. The maximum atomic E-state index is 11.3. The van der Waals surface area contributed by atoms with Gasteiger partial charge in [-0.15, -0.1) is 0 Å². The summed E-state index contributed by atoms with van der Waals surface area (Å²) in [7, 11) is 0. The Balaban J connectivity index is 3.21. The first kappa shape index (κ1) is 15.3. The van der Waals surface area contributed by atoms with Gasteiger partial charge < -0.3 is 20.5 Å². The fourth-order valence-corrected chi connectivity index (χ4v) is 1.10. The number of carbonyl (C=O) groups is 1. The number of rotatable bonds is 10. The number of hydrogen-bond acceptors (Lipinski definition) is 4. The van der Waals surface area contributed by atoms with Crippen molar-refractivity contribution in [1.29, 1.82) is 0 Å². The lowest BCUT2D eigenvalue weighted by Gasteiger charge is -2.11. The van der Waals surface area contributed by atoms with Crippen LogP contribution in [0.4, 0.5) is 0 Å². The first-order valence-electron chi connectivity index (χ1n) is 5.89. The maximum absolute atomic E-state index is 11.3. The van der Waals surface area contributed by atoms with Gasteiger partial charge in [-0.25, -0.2) is 0 Å². The van der Waals surface area contributed by atoms with Crippen LogP contribution in [-0.4, -0.2) is 50.0 Å². The minimum absolute atomic E-state index is 0.0330. The summed E-state index contributed by atoms with van der Waals surface area (Å²) in [5.74, 6) is 0.0330. The number of amides is 1. The zero-order valence-corrected chi connectivity index (χ0v) is 10.3. The van der Waals surface area contributed by atoms with Crippen molar-refractivity contribution in [2.75, 3.05) is 32.9 Å². The molecule has 5 heteroatoms. The molecule has 0 radical (unpaired) electrons. The Morgan fingerprint density at radius 2 is 2.19 bits per heavy atom. The van der Waals surface area contributed by atoms with Crippen molar-refractivity contribution < 1.29 is 14.6 Å². The van der Waals surface area contributed by atoms with Gasteiger partial charge in [0.15, 0.2) is 0 Å². The van der Waals surface area contributed by atoms with E-state index in [2.05, 4.69) is 10.6 Å². The SMILES string of the molecule is CCC(C)NC(=O)CNCCCOCCO. The predicted octanol–water partition coefficient (Wildman–Crippen LogP) is -0.110. The zero-order valence-electron chi connectivity index (χ0n) is 10.3. The Bertz CT molecular complexity index is 177. The van der Waals surface area contributed by atoms with Gasteiger partial charge >= 0.3 is 0 Å². The number of aliphatic hydroxyl groups is 1. The molecule has 0 aliphatic rings. The van der Waals surface area contributed by atoms with Crippen LogP contribution < -0.4 is 10.6 Å². The third-order valence-electron chi connectivity index (χ3n) is 2.18. The first-order valence-corrected chi connectivity index (χ1v) is 5.89. The molecule has 0 aromatic heterocycles. The van der Waals surface area contributed by atoms with E-state index < -0.39 is 0 Å². The molecule has 1 amide bonds. The van der Waals surface area contributed by atoms with Crippen LogP contribution in [0.3, 0.4) is 0 Å². The Morgan fingerprint density at radius 1 is 1.44 bits per heavy atom. The number of ether oxygens (including phenoxy) is 1. The summed E-state index contributed by atoms with van der Waals surface area (Å²) in [6.07, 6.45) is 1.79. The van der Waals surface area contributed by atoms with Gasteiger partial charge in [0, 0.05) is 12.6 Å². The molecule has 3 N–H and O–H groups in total. The topological polar surface area (TPSA) is 70.6 Å². The van der Waals surface area contributed by atoms with Gasteiger partial charge in [0.05, 0.1) is 19.8 Å². The summed E-state index contributed by atoms with van der Waals surface area (Å²) in [6.45, 7) is 6.18. The normalized spacial score (nSPS) is 12.4. The molecule has 0 aliphatic carbocycles. The van der Waals surface area contributed by atoms with E-state index in [-0.39, 0.29) is 18.6 Å². The van der Waals surface area contributed by atoms with Gasteiger partial charge in [-0.05, 0) is 26.3 Å². The van der Waals surface area contributed by atoms with E-state index >= 15 is 0 Å². The molecular weight excluding hydrogens is 208 g/mol. The third-order valence-corrected chi connectivity index (χ3v) is 2.18. The second-order valence-electron chi connectivity index (χ2n) is 3.74. The number of nitrogens with one attached hydrogen (secondary N) is 2. The highest BCUT2D eigenvalue weighted by Gasteiger charge is 2.03. The van der Waals surface area contributed by atoms with E-state index in [4.69, 9.17) is 9.84 Å². The summed E-state index contributed by atoms with van der Waals surface area (Å²) in [6, 6.07) is 0.238. The molecule has 0 bridgehead atoms. The molecular formula is C11H24N2O3. The summed E-state index contributed by atoms with van der Waals surface area (Å²) in [5.41, 5.74) is 0. The molecule has 16 heavy (non-hydrogen) atoms. The minimum Gasteiger partial charge on any atom is -0.394 e. The molecule has 0 heterocycles. The summed E-state index contributed by atoms with van der Waals surface area (Å²) >= 11 is 0. The molecule has 0 aromatic carbocycles. The zero-order chi connectivity index (χ0) is 12.2. The minimum atomic E-state index is 0.0330. The van der Waals surface area contributed by atoms with Crippen LogP contribution in [0, 0.1) is 0 Å². The molecule has 0 saturated heterocycles. The van der Waals surface area contributed by atoms with Crippen LogP contribution in [0.5, 0.6) is 0 Å². The lowest BCUT2D eigenvalue weighted by atomic mass is 10.2. The highest BCUT2D eigenvalue weighted by molar-refractivity contribution is 5.78. The summed E-state index contributed by atoms with van der Waals surface area (Å²) in [5, 5.41) is 14.4. The molecule has 96 valence electrons. The van der Waals surface area contributed by atoms with Gasteiger partial charge in [-0.2, -0.15) is 0 Å². The molecule has 1 atom stereocenters. The lowest BCUT2D eigenvalue weighted by molar-refractivity contribution is -0.120. The van der Waals surface area contributed by atoms with Crippen LogP contribution in [-0.2, 0) is 9.53 Å². The van der Waals surface area contributed by atoms with E-state index in [1.165, 1.54) is 0 Å². The van der Waals surface area contributed by atoms with Crippen molar-refractivity contribution in [2.45, 2.75) is 32.7 Å². The van der Waals surface area contributed by atoms with Crippen molar-refractivity contribution >= 4 is 5.91 Å². The smallest absolute Gasteiger partial charge is 0.234 e. The Hall–Kier alpha value is -0.650. The van der Waals surface area contributed by atoms with E-state index in [9.17, 15) is 4.79 Å². The van der Waals surface area contributed by atoms with Crippen molar-refractivity contribution in [3.05, 3.63) is 0 Å². The monoisotopic (exact) mass is 232 g/mol. The van der Waals surface area contributed by atoms with Crippen LogP contribution in [0.25, 0.3) is 0 Å². The molecule has 0 fully saturated rings. The van der Waals surface area contributed by atoms with Crippen molar-refractivity contribution in [1.82, 2.24) is 10.6 Å². The fourth-order valence-electron chi connectivity index (χ4n) is 1.10. The quantitative estimate of drug-likeness (QED) is 0.460. The molecule has 1 unspecified atom stereocenters. The van der Waals surface area contributed by atoms with Gasteiger partial charge in [0.1, 0.15) is 0 Å². The Morgan fingerprint density at radius 3 is 2.81 bits per heavy atom. The van der Waals surface area contributed by atoms with E-state index in [0.717, 1.165) is 19.4 Å². The molecule has 0 rings (SSSR count). The predicted molar refractivity (Wildman–Crippen MR) is 63.3 cm³/mol. The van der Waals surface area contributed by atoms with Crippen LogP contribution in [0.2, 0.25) is 0 Å². The average Bonchev–Trinajstić information content (AvgIpc) is 2.27. The Kier molecular flexibility index (Phi) is 10.4. The molecule has 5 nitrogen and oxygen atoms in total. The van der Waals surface area contributed by atoms with Gasteiger partial charge in [0.2, 0.25) is 5.91 Å². The number of carbonyl (C=O) groups excluding carboxylic acids is 1. The first-order chi connectivity index (χ1) is 7.70. The van der Waals surface area contributed by atoms with E-state index in [1.54, 1.807) is 0 Å². The molecule has 0 saturated carbocycles. The summed E-state index contributed by atoms with van der Waals surface area (Å²) in [4.78, 5) is 11.3. The largest absolute Gasteiger partial charge is 0.394 e.